The van der Waals surface area contributed by atoms with Gasteiger partial charge in [-0.15, -0.1) is 0 Å². The number of benzene rings is 10. The minimum atomic E-state index is -0.723. The number of anilines is 3. The molecule has 0 unspecified atom stereocenters. The van der Waals surface area contributed by atoms with E-state index in [1.54, 1.807) is 42.5 Å². The predicted molar refractivity (Wildman–Crippen MR) is 235 cm³/mol. The Balaban J connectivity index is 1.23. The lowest BCUT2D eigenvalue weighted by molar-refractivity contribution is 1.28. The monoisotopic (exact) mass is 711 g/mol. The summed E-state index contributed by atoms with van der Waals surface area (Å²) < 4.78 is 113. The van der Waals surface area contributed by atoms with Crippen molar-refractivity contribution in [1.29, 1.82) is 0 Å². The van der Waals surface area contributed by atoms with Crippen LogP contribution in [0.15, 0.2) is 224 Å². The highest BCUT2D eigenvalue weighted by atomic mass is 15.1. The molecule has 0 aliphatic carbocycles. The van der Waals surface area contributed by atoms with Gasteiger partial charge >= 0.3 is 0 Å². The van der Waals surface area contributed by atoms with Crippen molar-refractivity contribution in [2.75, 3.05) is 4.90 Å². The summed E-state index contributed by atoms with van der Waals surface area (Å²) in [6.07, 6.45) is 0. The summed E-state index contributed by atoms with van der Waals surface area (Å²) in [6, 6.07) is 39.5. The molecule has 0 bridgehead atoms. The molecule has 10 rings (SSSR count). The summed E-state index contributed by atoms with van der Waals surface area (Å²) in [7, 11) is 0. The third-order valence-electron chi connectivity index (χ3n) is 9.86. The molecule has 0 amide bonds. The van der Waals surface area contributed by atoms with Gasteiger partial charge in [0.25, 0.3) is 0 Å². The van der Waals surface area contributed by atoms with Gasteiger partial charge in [0.15, 0.2) is 0 Å². The summed E-state index contributed by atoms with van der Waals surface area (Å²) in [5.74, 6) is 0. The Morgan fingerprint density at radius 2 is 0.782 bits per heavy atom. The van der Waals surface area contributed by atoms with Gasteiger partial charge in [-0.05, 0) is 125 Å². The van der Waals surface area contributed by atoms with Crippen LogP contribution in [-0.2, 0) is 0 Å². The largest absolute Gasteiger partial charge is 0.310 e. The number of hydrogen-bond donors (Lipinski definition) is 0. The smallest absolute Gasteiger partial charge is 0.0651 e. The van der Waals surface area contributed by atoms with E-state index in [-0.39, 0.29) is 16.7 Å². The fraction of sp³-hybridized carbons (Fsp3) is 0. The minimum Gasteiger partial charge on any atom is -0.310 e. The fourth-order valence-corrected chi connectivity index (χ4v) is 7.02. The number of hydrogen-bond acceptors (Lipinski definition) is 1. The SMILES string of the molecule is [2H]c1c([2H])c(-c2ccc3ccccc3c2)c([2H])c(N(c2c([2H])c([2H])c(-c3ccc(-c4ccccc4)cc3)c([2H])c2[2H])c2c([2H])c([2H])c(-c3ccc4c(ccc5ccccc54)c3)c([2H])c2[2H])c1[2H]. The molecule has 0 spiro atoms. The van der Waals surface area contributed by atoms with Crippen molar-refractivity contribution >= 4 is 49.4 Å². The van der Waals surface area contributed by atoms with E-state index < -0.39 is 89.6 Å². The Morgan fingerprint density at radius 1 is 0.291 bits per heavy atom. The van der Waals surface area contributed by atoms with Crippen molar-refractivity contribution < 1.29 is 16.4 Å². The van der Waals surface area contributed by atoms with Gasteiger partial charge in [0.1, 0.15) is 0 Å². The number of rotatable bonds is 7. The molecule has 0 atom stereocenters. The van der Waals surface area contributed by atoms with Crippen molar-refractivity contribution in [2.45, 2.75) is 0 Å². The van der Waals surface area contributed by atoms with Crippen LogP contribution in [0.5, 0.6) is 0 Å². The van der Waals surface area contributed by atoms with E-state index in [0.717, 1.165) is 48.3 Å². The summed E-state index contributed by atoms with van der Waals surface area (Å²) in [5.41, 5.74) is 1.09. The van der Waals surface area contributed by atoms with Crippen LogP contribution in [-0.4, -0.2) is 0 Å². The first-order valence-corrected chi connectivity index (χ1v) is 17.9. The molecule has 1 nitrogen and oxygen atoms in total. The summed E-state index contributed by atoms with van der Waals surface area (Å²) in [5, 5.41) is 5.39. The average molecular weight is 712 g/mol. The molecule has 0 aliphatic heterocycles. The van der Waals surface area contributed by atoms with Gasteiger partial charge < -0.3 is 4.90 Å². The topological polar surface area (TPSA) is 3.24 Å². The molecule has 55 heavy (non-hydrogen) atoms. The van der Waals surface area contributed by atoms with Gasteiger partial charge in [-0.25, -0.2) is 0 Å². The quantitative estimate of drug-likeness (QED) is 0.149. The van der Waals surface area contributed by atoms with E-state index in [0.29, 0.717) is 16.7 Å². The zero-order valence-corrected chi connectivity index (χ0v) is 29.4. The molecule has 0 saturated heterocycles. The van der Waals surface area contributed by atoms with Gasteiger partial charge in [-0.2, -0.15) is 0 Å². The molecule has 10 aromatic carbocycles. The maximum Gasteiger partial charge on any atom is 0.0651 e. The van der Waals surface area contributed by atoms with Crippen LogP contribution < -0.4 is 4.90 Å². The summed E-state index contributed by atoms with van der Waals surface area (Å²) in [4.78, 5) is 0.896. The zero-order chi connectivity index (χ0) is 47.0. The standard InChI is InChI=1S/C54H37N/c1-2-9-38(10-3-1)40-17-19-41(20-18-40)42-25-30-50(31-26-42)55(52-15-8-14-46(37-52)48-23-21-39-11-4-5-13-45(39)35-48)51-32-27-43(28-33-51)47-29-34-54-49(36-47)24-22-44-12-6-7-16-53(44)54/h1-37H/i8D,14D,15D,25D,26D,27D,28D,30D,31D,32D,33D,37D. The Labute approximate surface area is 338 Å². The van der Waals surface area contributed by atoms with Crippen LogP contribution >= 0.6 is 0 Å². The second kappa shape index (κ2) is 14.0. The molecule has 0 saturated carbocycles. The number of nitrogens with zero attached hydrogens (tertiary/aromatic N) is 1. The average Bonchev–Trinajstić information content (AvgIpc) is 3.35. The molecule has 0 heterocycles. The Morgan fingerprint density at radius 3 is 1.53 bits per heavy atom. The molecule has 10 aromatic rings. The van der Waals surface area contributed by atoms with E-state index in [2.05, 4.69) is 0 Å². The third kappa shape index (κ3) is 6.33. The van der Waals surface area contributed by atoms with Crippen molar-refractivity contribution in [3.05, 3.63) is 224 Å². The van der Waals surface area contributed by atoms with Crippen molar-refractivity contribution in [2.24, 2.45) is 0 Å². The maximum absolute atomic E-state index is 9.78. The highest BCUT2D eigenvalue weighted by Gasteiger charge is 2.15. The summed E-state index contributed by atoms with van der Waals surface area (Å²) in [6.45, 7) is 0. The van der Waals surface area contributed by atoms with Gasteiger partial charge in [0, 0.05) is 17.1 Å². The van der Waals surface area contributed by atoms with Crippen LogP contribution in [0, 0.1) is 0 Å². The lowest BCUT2D eigenvalue weighted by Gasteiger charge is -2.26. The van der Waals surface area contributed by atoms with Crippen LogP contribution in [0.2, 0.25) is 0 Å². The van der Waals surface area contributed by atoms with E-state index in [1.807, 2.05) is 109 Å². The highest BCUT2D eigenvalue weighted by molar-refractivity contribution is 6.08. The molecule has 0 fully saturated rings. The normalized spacial score (nSPS) is 14.3. The van der Waals surface area contributed by atoms with Gasteiger partial charge in [0.2, 0.25) is 0 Å². The molecule has 0 N–H and O–H groups in total. The first-order chi connectivity index (χ1) is 32.3. The van der Waals surface area contributed by atoms with Crippen LogP contribution in [0.3, 0.4) is 0 Å². The first-order valence-electron chi connectivity index (χ1n) is 23.9. The van der Waals surface area contributed by atoms with Crippen molar-refractivity contribution in [1.82, 2.24) is 0 Å². The summed E-state index contributed by atoms with van der Waals surface area (Å²) >= 11 is 0. The molecule has 0 radical (unpaired) electrons. The van der Waals surface area contributed by atoms with Crippen LogP contribution in [0.25, 0.3) is 76.8 Å². The van der Waals surface area contributed by atoms with Crippen LogP contribution in [0.4, 0.5) is 17.1 Å². The first kappa shape index (κ1) is 22.1. The van der Waals surface area contributed by atoms with Crippen molar-refractivity contribution in [3.8, 4) is 44.5 Å². The van der Waals surface area contributed by atoms with E-state index >= 15 is 0 Å². The lowest BCUT2D eigenvalue weighted by atomic mass is 9.97. The van der Waals surface area contributed by atoms with E-state index in [4.69, 9.17) is 2.74 Å². The third-order valence-corrected chi connectivity index (χ3v) is 9.86. The van der Waals surface area contributed by atoms with Crippen molar-refractivity contribution in [3.63, 3.8) is 0 Å². The number of fused-ring (bicyclic) bond motifs is 4. The highest BCUT2D eigenvalue weighted by Crippen LogP contribution is 2.39. The van der Waals surface area contributed by atoms with E-state index in [9.17, 15) is 13.7 Å². The fourth-order valence-electron chi connectivity index (χ4n) is 7.02. The molecular formula is C54H37N. The van der Waals surface area contributed by atoms with Gasteiger partial charge in [-0.3, -0.25) is 0 Å². The second-order valence-corrected chi connectivity index (χ2v) is 13.2. The molecule has 0 aromatic heterocycles. The molecule has 1 heteroatoms. The molecule has 258 valence electrons. The Hall–Kier alpha value is -7.22. The Kier molecular flexibility index (Phi) is 5.61. The second-order valence-electron chi connectivity index (χ2n) is 13.2. The minimum absolute atomic E-state index is 0.0423. The molecular weight excluding hydrogens is 663 g/mol. The predicted octanol–water partition coefficient (Wildman–Crippen LogP) is 15.3. The maximum atomic E-state index is 9.78. The van der Waals surface area contributed by atoms with Gasteiger partial charge in [-0.1, -0.05) is 176 Å². The van der Waals surface area contributed by atoms with Crippen LogP contribution in [0.1, 0.15) is 16.4 Å². The van der Waals surface area contributed by atoms with E-state index in [1.165, 1.54) is 0 Å². The zero-order valence-electron chi connectivity index (χ0n) is 41.4. The van der Waals surface area contributed by atoms with Gasteiger partial charge in [0.05, 0.1) is 16.4 Å². The Bertz CT molecular complexity index is 3610. The lowest BCUT2D eigenvalue weighted by Crippen LogP contribution is -2.10. The molecule has 0 aliphatic rings.